The highest BCUT2D eigenvalue weighted by molar-refractivity contribution is 5.94. The summed E-state index contributed by atoms with van der Waals surface area (Å²) in [5.41, 5.74) is 2.02. The van der Waals surface area contributed by atoms with Gasteiger partial charge in [0.2, 0.25) is 0 Å². The summed E-state index contributed by atoms with van der Waals surface area (Å²) in [6.45, 7) is 9.26. The zero-order valence-corrected chi connectivity index (χ0v) is 11.8. The lowest BCUT2D eigenvalue weighted by molar-refractivity contribution is 0.0953. The third-order valence-corrected chi connectivity index (χ3v) is 2.48. The maximum absolute atomic E-state index is 11.7. The lowest BCUT2D eigenvalue weighted by Gasteiger charge is -2.11. The van der Waals surface area contributed by atoms with Gasteiger partial charge in [-0.25, -0.2) is 0 Å². The van der Waals surface area contributed by atoms with Gasteiger partial charge in [-0.3, -0.25) is 4.79 Å². The third-order valence-electron chi connectivity index (χ3n) is 2.48. The molecule has 1 N–H and O–H groups in total. The molecule has 0 radical (unpaired) electrons. The first-order valence-electron chi connectivity index (χ1n) is 6.50. The van der Waals surface area contributed by atoms with E-state index < -0.39 is 0 Å². The number of amides is 1. The summed E-state index contributed by atoms with van der Waals surface area (Å²) in [6.07, 6.45) is 5.21. The lowest BCUT2D eigenvalue weighted by atomic mass is 9.95. The van der Waals surface area contributed by atoms with Crippen LogP contribution in [0.3, 0.4) is 0 Å². The van der Waals surface area contributed by atoms with E-state index in [1.54, 1.807) is 0 Å². The maximum Gasteiger partial charge on any atom is 0.251 e. The molecule has 0 aromatic heterocycles. The van der Waals surface area contributed by atoms with Crippen molar-refractivity contribution in [2.45, 2.75) is 34.1 Å². The van der Waals surface area contributed by atoms with Crippen LogP contribution < -0.4 is 5.32 Å². The number of benzene rings is 1. The standard InChI is InChI=1S/C16H23NO/c1-5-12-17-15(18)14-8-6-13(7-9-14)10-11-16(2,3)4/h6-11H,5,12H2,1-4H3,(H,17,18). The van der Waals surface area contributed by atoms with Crippen LogP contribution in [0.5, 0.6) is 0 Å². The van der Waals surface area contributed by atoms with E-state index >= 15 is 0 Å². The van der Waals surface area contributed by atoms with Crippen molar-refractivity contribution < 1.29 is 4.79 Å². The Morgan fingerprint density at radius 3 is 2.33 bits per heavy atom. The van der Waals surface area contributed by atoms with Gasteiger partial charge in [-0.15, -0.1) is 0 Å². The van der Waals surface area contributed by atoms with Crippen molar-refractivity contribution in [2.75, 3.05) is 6.54 Å². The van der Waals surface area contributed by atoms with Gasteiger partial charge in [0, 0.05) is 12.1 Å². The molecule has 0 bridgehead atoms. The molecule has 0 atom stereocenters. The Labute approximate surface area is 110 Å². The number of carbonyl (C=O) groups excluding carboxylic acids is 1. The summed E-state index contributed by atoms with van der Waals surface area (Å²) < 4.78 is 0. The molecule has 98 valence electrons. The van der Waals surface area contributed by atoms with Crippen LogP contribution >= 0.6 is 0 Å². The van der Waals surface area contributed by atoms with Crippen LogP contribution in [0.4, 0.5) is 0 Å². The molecule has 0 aliphatic rings. The minimum Gasteiger partial charge on any atom is -0.352 e. The Bertz CT molecular complexity index is 410. The summed E-state index contributed by atoms with van der Waals surface area (Å²) in [4.78, 5) is 11.7. The highest BCUT2D eigenvalue weighted by Crippen LogP contribution is 2.17. The van der Waals surface area contributed by atoms with Crippen LogP contribution in [0, 0.1) is 5.41 Å². The summed E-state index contributed by atoms with van der Waals surface area (Å²) >= 11 is 0. The third kappa shape index (κ3) is 5.17. The Balaban J connectivity index is 2.68. The number of nitrogens with one attached hydrogen (secondary N) is 1. The SMILES string of the molecule is CCCNC(=O)c1ccc(C=CC(C)(C)C)cc1. The molecular formula is C16H23NO. The minimum atomic E-state index is 0.00296. The molecule has 1 amide bonds. The zero-order valence-electron chi connectivity index (χ0n) is 11.8. The monoisotopic (exact) mass is 245 g/mol. The molecule has 0 saturated heterocycles. The van der Waals surface area contributed by atoms with Gasteiger partial charge in [0.05, 0.1) is 0 Å². The van der Waals surface area contributed by atoms with Crippen molar-refractivity contribution in [3.05, 3.63) is 41.5 Å². The molecule has 2 heteroatoms. The summed E-state index contributed by atoms with van der Waals surface area (Å²) in [7, 11) is 0. The number of rotatable bonds is 4. The van der Waals surface area contributed by atoms with E-state index in [9.17, 15) is 4.79 Å². The average molecular weight is 245 g/mol. The van der Waals surface area contributed by atoms with E-state index in [0.717, 1.165) is 24.1 Å². The highest BCUT2D eigenvalue weighted by Gasteiger charge is 2.05. The fourth-order valence-electron chi connectivity index (χ4n) is 1.43. The predicted octanol–water partition coefficient (Wildman–Crippen LogP) is 3.89. The van der Waals surface area contributed by atoms with Crippen LogP contribution in [0.25, 0.3) is 6.08 Å². The van der Waals surface area contributed by atoms with E-state index in [2.05, 4.69) is 38.2 Å². The normalized spacial score (nSPS) is 11.8. The number of carbonyl (C=O) groups is 1. The van der Waals surface area contributed by atoms with E-state index in [1.807, 2.05) is 31.2 Å². The summed E-state index contributed by atoms with van der Waals surface area (Å²) in [5.74, 6) is 0.00296. The molecule has 18 heavy (non-hydrogen) atoms. The quantitative estimate of drug-likeness (QED) is 0.856. The first kappa shape index (κ1) is 14.5. The second-order valence-corrected chi connectivity index (χ2v) is 5.58. The molecule has 0 saturated carbocycles. The molecule has 1 aromatic rings. The van der Waals surface area contributed by atoms with Gasteiger partial charge in [0.25, 0.3) is 5.91 Å². The lowest BCUT2D eigenvalue weighted by Crippen LogP contribution is -2.23. The molecule has 1 rings (SSSR count). The molecule has 0 aliphatic carbocycles. The molecule has 0 fully saturated rings. The van der Waals surface area contributed by atoms with Gasteiger partial charge >= 0.3 is 0 Å². The largest absolute Gasteiger partial charge is 0.352 e. The van der Waals surface area contributed by atoms with Crippen LogP contribution in [0.2, 0.25) is 0 Å². The van der Waals surface area contributed by atoms with Gasteiger partial charge in [-0.1, -0.05) is 52.0 Å². The highest BCUT2D eigenvalue weighted by atomic mass is 16.1. The van der Waals surface area contributed by atoms with Gasteiger partial charge in [-0.05, 0) is 29.5 Å². The van der Waals surface area contributed by atoms with Crippen LogP contribution in [-0.4, -0.2) is 12.5 Å². The number of hydrogen-bond donors (Lipinski definition) is 1. The fourth-order valence-corrected chi connectivity index (χ4v) is 1.43. The Kier molecular flexibility index (Phi) is 5.14. The molecule has 0 spiro atoms. The maximum atomic E-state index is 11.7. The fraction of sp³-hybridized carbons (Fsp3) is 0.438. The van der Waals surface area contributed by atoms with Crippen LogP contribution in [0.1, 0.15) is 50.0 Å². The Morgan fingerprint density at radius 1 is 1.22 bits per heavy atom. The number of hydrogen-bond acceptors (Lipinski definition) is 1. The molecule has 1 aromatic carbocycles. The van der Waals surface area contributed by atoms with Crippen molar-refractivity contribution in [1.82, 2.24) is 5.32 Å². The second kappa shape index (κ2) is 6.39. The van der Waals surface area contributed by atoms with Crippen LogP contribution in [0.15, 0.2) is 30.3 Å². The molecule has 0 heterocycles. The minimum absolute atomic E-state index is 0.00296. The first-order valence-corrected chi connectivity index (χ1v) is 6.50. The Hall–Kier alpha value is -1.57. The van der Waals surface area contributed by atoms with Crippen LogP contribution in [-0.2, 0) is 0 Å². The van der Waals surface area contributed by atoms with Gasteiger partial charge in [-0.2, -0.15) is 0 Å². The topological polar surface area (TPSA) is 29.1 Å². The molecular weight excluding hydrogens is 222 g/mol. The first-order chi connectivity index (χ1) is 8.42. The number of allylic oxidation sites excluding steroid dienone is 1. The summed E-state index contributed by atoms with van der Waals surface area (Å²) in [5, 5.41) is 2.87. The van der Waals surface area contributed by atoms with Gasteiger partial charge < -0.3 is 5.32 Å². The van der Waals surface area contributed by atoms with Gasteiger partial charge in [0.15, 0.2) is 0 Å². The van der Waals surface area contributed by atoms with E-state index in [1.165, 1.54) is 0 Å². The average Bonchev–Trinajstić information content (AvgIpc) is 2.33. The van der Waals surface area contributed by atoms with Crippen molar-refractivity contribution >= 4 is 12.0 Å². The van der Waals surface area contributed by atoms with Gasteiger partial charge in [0.1, 0.15) is 0 Å². The summed E-state index contributed by atoms with van der Waals surface area (Å²) in [6, 6.07) is 7.69. The molecule has 0 aliphatic heterocycles. The molecule has 0 unspecified atom stereocenters. The second-order valence-electron chi connectivity index (χ2n) is 5.58. The van der Waals surface area contributed by atoms with Crippen molar-refractivity contribution in [3.8, 4) is 0 Å². The molecule has 2 nitrogen and oxygen atoms in total. The van der Waals surface area contributed by atoms with E-state index in [0.29, 0.717) is 0 Å². The Morgan fingerprint density at radius 2 is 1.83 bits per heavy atom. The predicted molar refractivity (Wildman–Crippen MR) is 77.6 cm³/mol. The van der Waals surface area contributed by atoms with E-state index in [-0.39, 0.29) is 11.3 Å². The van der Waals surface area contributed by atoms with Crippen molar-refractivity contribution in [3.63, 3.8) is 0 Å². The van der Waals surface area contributed by atoms with Crippen molar-refractivity contribution in [2.24, 2.45) is 5.41 Å². The zero-order chi connectivity index (χ0) is 13.6. The van der Waals surface area contributed by atoms with E-state index in [4.69, 9.17) is 0 Å². The van der Waals surface area contributed by atoms with Crippen molar-refractivity contribution in [1.29, 1.82) is 0 Å². The smallest absolute Gasteiger partial charge is 0.251 e.